The maximum Gasteiger partial charge on any atom is 0.150 e. The molecule has 0 bridgehead atoms. The molecule has 5 heterocycles. The number of para-hydroxylation sites is 3. The second kappa shape index (κ2) is 16.0. The lowest BCUT2D eigenvalue weighted by atomic mass is 10.0. The first-order valence-corrected chi connectivity index (χ1v) is 23.2. The maximum absolute atomic E-state index is 5.40. The molecule has 0 aliphatic rings. The monoisotopic (exact) mass is 874 g/mol. The van der Waals surface area contributed by atoms with Crippen LogP contribution in [0.15, 0.2) is 231 Å². The van der Waals surface area contributed by atoms with Crippen molar-refractivity contribution in [2.75, 3.05) is 0 Å². The number of nitrogens with zero attached hydrogens (tertiary/aromatic N) is 6. The van der Waals surface area contributed by atoms with Crippen LogP contribution >= 0.6 is 11.3 Å². The van der Waals surface area contributed by atoms with Crippen molar-refractivity contribution in [2.24, 2.45) is 0 Å². The Hall–Kier alpha value is -8.78. The Morgan fingerprint density at radius 3 is 1.36 bits per heavy atom. The first kappa shape index (κ1) is 38.7. The summed E-state index contributed by atoms with van der Waals surface area (Å²) in [5.41, 5.74) is 14.7. The van der Waals surface area contributed by atoms with Gasteiger partial charge in [-0.15, -0.1) is 10.2 Å². The van der Waals surface area contributed by atoms with E-state index in [1.54, 1.807) is 11.3 Å². The molecule has 0 atom stereocenters. The van der Waals surface area contributed by atoms with E-state index >= 15 is 0 Å². The van der Waals surface area contributed by atoms with Crippen molar-refractivity contribution in [3.63, 3.8) is 0 Å². The minimum Gasteiger partial charge on any atom is -0.294 e. The van der Waals surface area contributed by atoms with Crippen molar-refractivity contribution in [1.29, 1.82) is 0 Å². The molecule has 0 saturated carbocycles. The Kier molecular flexibility index (Phi) is 9.25. The molecule has 314 valence electrons. The van der Waals surface area contributed by atoms with Gasteiger partial charge in [0, 0.05) is 43.8 Å². The number of hydrogen-bond donors (Lipinski definition) is 0. The van der Waals surface area contributed by atoms with Gasteiger partial charge in [-0.1, -0.05) is 181 Å². The molecule has 7 heteroatoms. The van der Waals surface area contributed by atoms with Crippen molar-refractivity contribution in [1.82, 2.24) is 29.3 Å². The van der Waals surface area contributed by atoms with Crippen LogP contribution in [0.25, 0.3) is 121 Å². The van der Waals surface area contributed by atoms with Gasteiger partial charge in [0.15, 0.2) is 0 Å². The molecule has 13 rings (SSSR count). The van der Waals surface area contributed by atoms with Gasteiger partial charge in [-0.05, 0) is 82.9 Å². The van der Waals surface area contributed by atoms with Gasteiger partial charge in [0.2, 0.25) is 0 Å². The topological polar surface area (TPSA) is 61.4 Å². The summed E-state index contributed by atoms with van der Waals surface area (Å²) in [6.07, 6.45) is 0. The molecular formula is C60H38N6S. The van der Waals surface area contributed by atoms with Crippen LogP contribution in [-0.4, -0.2) is 29.3 Å². The number of benzene rings is 8. The summed E-state index contributed by atoms with van der Waals surface area (Å²) in [5, 5.41) is 16.1. The molecule has 13 aromatic rings. The summed E-state index contributed by atoms with van der Waals surface area (Å²) in [5.74, 6) is 1.70. The van der Waals surface area contributed by atoms with Gasteiger partial charge in [-0.3, -0.25) is 9.13 Å². The summed E-state index contributed by atoms with van der Waals surface area (Å²) in [6, 6.07) is 81.0. The highest BCUT2D eigenvalue weighted by atomic mass is 32.1. The largest absolute Gasteiger partial charge is 0.294 e. The summed E-state index contributed by atoms with van der Waals surface area (Å²) in [7, 11) is 0. The van der Waals surface area contributed by atoms with E-state index < -0.39 is 0 Å². The van der Waals surface area contributed by atoms with Crippen LogP contribution in [0.3, 0.4) is 0 Å². The normalized spacial score (nSPS) is 11.6. The SMILES string of the molecule is c1ccc(-c2cc(-c3ccccc3)nc(-n3c4ccccc4c4cc(-c5nnc(-c6cccc7c8ccccc8n(-c8cc(-c9ccccc9)cc(-c9ccccc9)n8)c67)s5)ccc43)c2)cc1. The van der Waals surface area contributed by atoms with E-state index in [9.17, 15) is 0 Å². The molecule has 8 aromatic carbocycles. The molecule has 5 aromatic heterocycles. The third kappa shape index (κ3) is 6.71. The minimum absolute atomic E-state index is 0.838. The fourth-order valence-corrected chi connectivity index (χ4v) is 10.5. The molecule has 0 aliphatic heterocycles. The molecule has 0 amide bonds. The lowest BCUT2D eigenvalue weighted by molar-refractivity contribution is 1.08. The Balaban J connectivity index is 0.962. The van der Waals surface area contributed by atoms with E-state index in [1.165, 1.54) is 0 Å². The number of aromatic nitrogens is 6. The number of hydrogen-bond acceptors (Lipinski definition) is 5. The van der Waals surface area contributed by atoms with E-state index in [4.69, 9.17) is 20.2 Å². The van der Waals surface area contributed by atoms with Crippen LogP contribution in [0.4, 0.5) is 0 Å². The zero-order valence-corrected chi connectivity index (χ0v) is 36.8. The predicted octanol–water partition coefficient (Wildman–Crippen LogP) is 15.5. The lowest BCUT2D eigenvalue weighted by Crippen LogP contribution is -2.01. The van der Waals surface area contributed by atoms with Crippen molar-refractivity contribution < 1.29 is 0 Å². The molecular weight excluding hydrogens is 837 g/mol. The van der Waals surface area contributed by atoms with Gasteiger partial charge in [-0.2, -0.15) is 0 Å². The van der Waals surface area contributed by atoms with Crippen LogP contribution < -0.4 is 0 Å². The van der Waals surface area contributed by atoms with Gasteiger partial charge in [-0.25, -0.2) is 9.97 Å². The fraction of sp³-hybridized carbons (Fsp3) is 0. The van der Waals surface area contributed by atoms with Crippen LogP contribution in [0.2, 0.25) is 0 Å². The van der Waals surface area contributed by atoms with Crippen LogP contribution in [-0.2, 0) is 0 Å². The third-order valence-electron chi connectivity index (χ3n) is 12.7. The molecule has 0 aliphatic carbocycles. The van der Waals surface area contributed by atoms with E-state index in [2.05, 4.69) is 228 Å². The zero-order chi connectivity index (χ0) is 44.3. The highest BCUT2D eigenvalue weighted by Crippen LogP contribution is 2.42. The van der Waals surface area contributed by atoms with Gasteiger partial charge >= 0.3 is 0 Å². The fourth-order valence-electron chi connectivity index (χ4n) is 9.60. The number of rotatable bonds is 8. The summed E-state index contributed by atoms with van der Waals surface area (Å²) < 4.78 is 4.60. The molecule has 0 unspecified atom stereocenters. The molecule has 0 radical (unpaired) electrons. The van der Waals surface area contributed by atoms with E-state index in [0.29, 0.717) is 0 Å². The van der Waals surface area contributed by atoms with Crippen molar-refractivity contribution in [3.05, 3.63) is 231 Å². The Morgan fingerprint density at radius 1 is 0.299 bits per heavy atom. The predicted molar refractivity (Wildman–Crippen MR) is 277 cm³/mol. The standard InChI is InChI=1S/C60H38N6S/c1-5-18-39(19-6-1)44-35-51(41-22-9-3-10-23-41)61-56(37-44)65-53-30-15-14-27-47(53)50-34-43(32-33-55(50)65)59-63-64-60(67-59)49-29-17-28-48-46-26-13-16-31-54(46)66(58(48)49)57-38-45(40-20-7-2-8-21-40)36-52(62-57)42-24-11-4-12-25-42/h1-38H. The van der Waals surface area contributed by atoms with Gasteiger partial charge in [0.1, 0.15) is 21.7 Å². The van der Waals surface area contributed by atoms with Crippen LogP contribution in [0.5, 0.6) is 0 Å². The summed E-state index contributed by atoms with van der Waals surface area (Å²) in [4.78, 5) is 10.7. The summed E-state index contributed by atoms with van der Waals surface area (Å²) in [6.45, 7) is 0. The Bertz CT molecular complexity index is 3850. The highest BCUT2D eigenvalue weighted by Gasteiger charge is 2.22. The number of pyridine rings is 2. The van der Waals surface area contributed by atoms with E-state index in [0.717, 1.165) is 121 Å². The third-order valence-corrected chi connectivity index (χ3v) is 13.7. The molecule has 0 N–H and O–H groups in total. The first-order chi connectivity index (χ1) is 33.2. The Labute approximate surface area is 390 Å². The number of fused-ring (bicyclic) bond motifs is 6. The first-order valence-electron chi connectivity index (χ1n) is 22.4. The van der Waals surface area contributed by atoms with E-state index in [1.807, 2.05) is 12.1 Å². The van der Waals surface area contributed by atoms with Gasteiger partial charge in [0.25, 0.3) is 0 Å². The van der Waals surface area contributed by atoms with Crippen LogP contribution in [0, 0.1) is 0 Å². The average Bonchev–Trinajstić information content (AvgIpc) is 4.13. The van der Waals surface area contributed by atoms with Crippen molar-refractivity contribution in [2.45, 2.75) is 0 Å². The van der Waals surface area contributed by atoms with Crippen molar-refractivity contribution >= 4 is 54.9 Å². The maximum atomic E-state index is 5.40. The molecule has 0 saturated heterocycles. The second-order valence-corrected chi connectivity index (χ2v) is 17.7. The van der Waals surface area contributed by atoms with Gasteiger partial charge in [0.05, 0.1) is 33.5 Å². The highest BCUT2D eigenvalue weighted by molar-refractivity contribution is 7.18. The molecule has 67 heavy (non-hydrogen) atoms. The van der Waals surface area contributed by atoms with Crippen molar-refractivity contribution in [3.8, 4) is 77.5 Å². The molecule has 0 spiro atoms. The smallest absolute Gasteiger partial charge is 0.150 e. The Morgan fingerprint density at radius 2 is 0.761 bits per heavy atom. The molecule has 0 fully saturated rings. The van der Waals surface area contributed by atoms with Crippen LogP contribution in [0.1, 0.15) is 0 Å². The van der Waals surface area contributed by atoms with Gasteiger partial charge < -0.3 is 0 Å². The lowest BCUT2D eigenvalue weighted by Gasteiger charge is -2.14. The van der Waals surface area contributed by atoms with E-state index in [-0.39, 0.29) is 0 Å². The average molecular weight is 875 g/mol. The second-order valence-electron chi connectivity index (χ2n) is 16.7. The summed E-state index contributed by atoms with van der Waals surface area (Å²) >= 11 is 1.61. The quantitative estimate of drug-likeness (QED) is 0.153. The zero-order valence-electron chi connectivity index (χ0n) is 36.0. The molecule has 6 nitrogen and oxygen atoms in total. The minimum atomic E-state index is 0.838.